The Morgan fingerprint density at radius 1 is 1.11 bits per heavy atom. The maximum Gasteiger partial charge on any atom is 0.248 e. The zero-order chi connectivity index (χ0) is 19.9. The maximum atomic E-state index is 12.7. The molecule has 3 rings (SSSR count). The van der Waals surface area contributed by atoms with Crippen molar-refractivity contribution in [3.05, 3.63) is 65.8 Å². The molecule has 0 bridgehead atoms. The number of nitrogens with zero attached hydrogens (tertiary/aromatic N) is 2. The average Bonchev–Trinajstić information content (AvgIpc) is 3.16. The lowest BCUT2D eigenvalue weighted by Gasteiger charge is -2.21. The van der Waals surface area contributed by atoms with Gasteiger partial charge in [0, 0.05) is 23.3 Å². The zero-order valence-corrected chi connectivity index (χ0v) is 16.6. The molecular formula is C21H22N4O2S. The minimum Gasteiger partial charge on any atom is -0.344 e. The highest BCUT2D eigenvalue weighted by atomic mass is 32.1. The van der Waals surface area contributed by atoms with E-state index < -0.39 is 6.04 Å². The molecule has 0 saturated carbocycles. The number of hydrogen-bond acceptors (Lipinski definition) is 5. The molecule has 0 radical (unpaired) electrons. The van der Waals surface area contributed by atoms with Crippen molar-refractivity contribution < 1.29 is 9.59 Å². The van der Waals surface area contributed by atoms with Crippen molar-refractivity contribution in [1.29, 1.82) is 0 Å². The van der Waals surface area contributed by atoms with Crippen molar-refractivity contribution in [3.8, 4) is 11.3 Å². The van der Waals surface area contributed by atoms with Gasteiger partial charge in [-0.05, 0) is 23.6 Å². The molecule has 0 aliphatic heterocycles. The van der Waals surface area contributed by atoms with Crippen molar-refractivity contribution in [2.45, 2.75) is 26.3 Å². The lowest BCUT2D eigenvalue weighted by Crippen LogP contribution is -2.47. The van der Waals surface area contributed by atoms with Gasteiger partial charge in [0.1, 0.15) is 6.04 Å². The van der Waals surface area contributed by atoms with Crippen LogP contribution in [0.15, 0.2) is 60.2 Å². The standard InChI is InChI=1S/C21H22N4O2S/c1-14(2)19(24-18(26)11-15-7-4-3-5-8-15)20(27)25-21-23-17(13-28-21)16-9-6-10-22-12-16/h3-10,12-14,19H,11H2,1-2H3,(H,24,26)(H,23,25,27)/t19-/m0/s1. The zero-order valence-electron chi connectivity index (χ0n) is 15.8. The molecule has 0 saturated heterocycles. The molecule has 1 atom stereocenters. The van der Waals surface area contributed by atoms with Crippen molar-refractivity contribution in [2.75, 3.05) is 5.32 Å². The van der Waals surface area contributed by atoms with E-state index >= 15 is 0 Å². The van der Waals surface area contributed by atoms with Crippen LogP contribution in [0.25, 0.3) is 11.3 Å². The molecule has 3 aromatic rings. The van der Waals surface area contributed by atoms with Crippen molar-refractivity contribution in [2.24, 2.45) is 5.92 Å². The Morgan fingerprint density at radius 3 is 2.57 bits per heavy atom. The van der Waals surface area contributed by atoms with Gasteiger partial charge in [0.2, 0.25) is 11.8 Å². The quantitative estimate of drug-likeness (QED) is 0.642. The van der Waals surface area contributed by atoms with Crippen LogP contribution in [0.4, 0.5) is 5.13 Å². The van der Waals surface area contributed by atoms with Crippen molar-refractivity contribution >= 4 is 28.3 Å². The molecule has 0 unspecified atom stereocenters. The summed E-state index contributed by atoms with van der Waals surface area (Å²) in [7, 11) is 0. The second kappa shape index (κ2) is 9.23. The SMILES string of the molecule is CC(C)[C@H](NC(=O)Cc1ccccc1)C(=O)Nc1nc(-c2cccnc2)cs1. The minimum atomic E-state index is -0.637. The van der Waals surface area contributed by atoms with E-state index in [4.69, 9.17) is 0 Å². The van der Waals surface area contributed by atoms with E-state index in [-0.39, 0.29) is 24.2 Å². The molecule has 2 aromatic heterocycles. The molecule has 0 aliphatic carbocycles. The fourth-order valence-electron chi connectivity index (χ4n) is 2.70. The van der Waals surface area contributed by atoms with Gasteiger partial charge in [-0.25, -0.2) is 4.98 Å². The maximum absolute atomic E-state index is 12.7. The number of hydrogen-bond donors (Lipinski definition) is 2. The van der Waals surface area contributed by atoms with E-state index in [0.29, 0.717) is 5.13 Å². The average molecular weight is 395 g/mol. The molecule has 7 heteroatoms. The molecular weight excluding hydrogens is 372 g/mol. The normalized spacial score (nSPS) is 11.8. The fraction of sp³-hybridized carbons (Fsp3) is 0.238. The largest absolute Gasteiger partial charge is 0.344 e. The van der Waals surface area contributed by atoms with E-state index in [2.05, 4.69) is 20.6 Å². The summed E-state index contributed by atoms with van der Waals surface area (Å²) in [4.78, 5) is 33.6. The minimum absolute atomic E-state index is 0.0579. The number of anilines is 1. The van der Waals surface area contributed by atoms with Gasteiger partial charge in [-0.15, -0.1) is 11.3 Å². The van der Waals surface area contributed by atoms with Crippen LogP contribution >= 0.6 is 11.3 Å². The second-order valence-corrected chi connectivity index (χ2v) is 7.58. The van der Waals surface area contributed by atoms with Gasteiger partial charge in [-0.3, -0.25) is 14.6 Å². The van der Waals surface area contributed by atoms with Crippen LogP contribution in [0.5, 0.6) is 0 Å². The first kappa shape index (κ1) is 19.7. The Bertz CT molecular complexity index is 926. The van der Waals surface area contributed by atoms with Crippen LogP contribution in [0, 0.1) is 5.92 Å². The molecule has 6 nitrogen and oxygen atoms in total. The third-order valence-electron chi connectivity index (χ3n) is 4.16. The van der Waals surface area contributed by atoms with Crippen LogP contribution in [0.2, 0.25) is 0 Å². The Balaban J connectivity index is 1.63. The third-order valence-corrected chi connectivity index (χ3v) is 4.92. The van der Waals surface area contributed by atoms with Crippen molar-refractivity contribution in [1.82, 2.24) is 15.3 Å². The molecule has 0 spiro atoms. The van der Waals surface area contributed by atoms with E-state index in [1.54, 1.807) is 12.4 Å². The predicted octanol–water partition coefficient (Wildman–Crippen LogP) is 3.53. The van der Waals surface area contributed by atoms with Crippen LogP contribution in [-0.4, -0.2) is 27.8 Å². The summed E-state index contributed by atoms with van der Waals surface area (Å²) in [5.74, 6) is -0.517. The summed E-state index contributed by atoms with van der Waals surface area (Å²) < 4.78 is 0. The summed E-state index contributed by atoms with van der Waals surface area (Å²) in [6, 6.07) is 12.6. The predicted molar refractivity (Wildman–Crippen MR) is 111 cm³/mol. The Kier molecular flexibility index (Phi) is 6.49. The third kappa shape index (κ3) is 5.23. The van der Waals surface area contributed by atoms with Crippen LogP contribution in [-0.2, 0) is 16.0 Å². The second-order valence-electron chi connectivity index (χ2n) is 6.72. The molecule has 1 aromatic carbocycles. The topological polar surface area (TPSA) is 84.0 Å². The van der Waals surface area contributed by atoms with Crippen LogP contribution < -0.4 is 10.6 Å². The number of thiazole rings is 1. The molecule has 0 aliphatic rings. The van der Waals surface area contributed by atoms with Gasteiger partial charge < -0.3 is 10.6 Å². The van der Waals surface area contributed by atoms with Gasteiger partial charge in [0.25, 0.3) is 0 Å². The Morgan fingerprint density at radius 2 is 1.89 bits per heavy atom. The van der Waals surface area contributed by atoms with Gasteiger partial charge in [0.15, 0.2) is 5.13 Å². The summed E-state index contributed by atoms with van der Waals surface area (Å²) in [6.07, 6.45) is 3.66. The fourth-order valence-corrected chi connectivity index (χ4v) is 3.42. The summed E-state index contributed by atoms with van der Waals surface area (Å²) in [5.41, 5.74) is 2.54. The van der Waals surface area contributed by atoms with Gasteiger partial charge >= 0.3 is 0 Å². The molecule has 0 fully saturated rings. The smallest absolute Gasteiger partial charge is 0.248 e. The summed E-state index contributed by atoms with van der Waals surface area (Å²) >= 11 is 1.34. The van der Waals surface area contributed by atoms with E-state index in [0.717, 1.165) is 16.8 Å². The lowest BCUT2D eigenvalue weighted by molar-refractivity contribution is -0.127. The number of aromatic nitrogens is 2. The highest BCUT2D eigenvalue weighted by Gasteiger charge is 2.25. The van der Waals surface area contributed by atoms with Crippen LogP contribution in [0.1, 0.15) is 19.4 Å². The first-order chi connectivity index (χ1) is 13.5. The first-order valence-corrected chi connectivity index (χ1v) is 9.91. The molecule has 2 heterocycles. The van der Waals surface area contributed by atoms with Gasteiger partial charge in [0.05, 0.1) is 12.1 Å². The van der Waals surface area contributed by atoms with E-state index in [9.17, 15) is 9.59 Å². The van der Waals surface area contributed by atoms with Crippen LogP contribution in [0.3, 0.4) is 0 Å². The number of amides is 2. The molecule has 28 heavy (non-hydrogen) atoms. The summed E-state index contributed by atoms with van der Waals surface area (Å²) in [6.45, 7) is 3.80. The monoisotopic (exact) mass is 394 g/mol. The van der Waals surface area contributed by atoms with Gasteiger partial charge in [-0.2, -0.15) is 0 Å². The summed E-state index contributed by atoms with van der Waals surface area (Å²) in [5, 5.41) is 8.01. The number of carbonyl (C=O) groups is 2. The molecule has 144 valence electrons. The Hall–Kier alpha value is -3.06. The molecule has 2 amide bonds. The van der Waals surface area contributed by atoms with E-state index in [1.165, 1.54) is 11.3 Å². The van der Waals surface area contributed by atoms with Gasteiger partial charge in [-0.1, -0.05) is 44.2 Å². The number of benzene rings is 1. The van der Waals surface area contributed by atoms with Crippen molar-refractivity contribution in [3.63, 3.8) is 0 Å². The molecule has 2 N–H and O–H groups in total. The highest BCUT2D eigenvalue weighted by Crippen LogP contribution is 2.24. The number of pyridine rings is 1. The number of nitrogens with one attached hydrogen (secondary N) is 2. The highest BCUT2D eigenvalue weighted by molar-refractivity contribution is 7.14. The van der Waals surface area contributed by atoms with E-state index in [1.807, 2.05) is 61.7 Å². The Labute approximate surface area is 168 Å². The number of rotatable bonds is 7. The lowest BCUT2D eigenvalue weighted by atomic mass is 10.0. The number of carbonyl (C=O) groups excluding carboxylic acids is 2. The first-order valence-electron chi connectivity index (χ1n) is 9.03.